The number of rotatable bonds is 3. The van der Waals surface area contributed by atoms with Gasteiger partial charge in [0.15, 0.2) is 0 Å². The molecule has 6 heterocycles. The monoisotopic (exact) mass is 704 g/mol. The fourth-order valence-corrected chi connectivity index (χ4v) is 11.4. The van der Waals surface area contributed by atoms with E-state index < -0.39 is 5.97 Å². The van der Waals surface area contributed by atoms with E-state index in [4.69, 9.17) is 4.74 Å². The second-order valence-corrected chi connectivity index (χ2v) is 20.4. The van der Waals surface area contributed by atoms with E-state index in [1.807, 2.05) is 16.7 Å². The van der Waals surface area contributed by atoms with E-state index in [1.165, 1.54) is 55.2 Å². The number of hydrogen-bond donors (Lipinski definition) is 1. The Morgan fingerprint density at radius 2 is 1.53 bits per heavy atom. The van der Waals surface area contributed by atoms with Gasteiger partial charge in [-0.3, -0.25) is 4.79 Å². The summed E-state index contributed by atoms with van der Waals surface area (Å²) in [7, 11) is 0. The van der Waals surface area contributed by atoms with Crippen molar-refractivity contribution in [1.82, 2.24) is 4.58 Å². The van der Waals surface area contributed by atoms with E-state index in [2.05, 4.69) is 102 Å². The van der Waals surface area contributed by atoms with Crippen molar-refractivity contribution in [2.24, 2.45) is 0 Å². The van der Waals surface area contributed by atoms with Gasteiger partial charge in [-0.1, -0.05) is 68.4 Å². The minimum absolute atomic E-state index is 0.0135. The highest BCUT2D eigenvalue weighted by Crippen LogP contribution is 2.57. The normalized spacial score (nSPS) is 24.1. The molecule has 1 atom stereocenters. The van der Waals surface area contributed by atoms with Gasteiger partial charge >= 0.3 is 5.97 Å². The number of aliphatic carboxylic acids is 1. The highest BCUT2D eigenvalue weighted by Gasteiger charge is 2.47. The molecule has 7 heteroatoms. The molecule has 1 N–H and O–H groups in total. The molecule has 6 nitrogen and oxygen atoms in total. The highest BCUT2D eigenvalue weighted by molar-refractivity contribution is 8.00. The molecule has 0 radical (unpaired) electrons. The van der Waals surface area contributed by atoms with Crippen molar-refractivity contribution in [2.75, 3.05) is 49.1 Å². The van der Waals surface area contributed by atoms with Crippen LogP contribution in [0.3, 0.4) is 0 Å². The van der Waals surface area contributed by atoms with E-state index in [-0.39, 0.29) is 28.2 Å². The molecule has 268 valence electrons. The SMILES string of the molecule is CC1CN(CC(=O)O)c2ccc(C3=c4cc5c6c(c4Oc4c3cc3c7c4C(C)(C)CCN7CCC3(C)C)C(C)(C)CC[N+]=6CCC5(C)C)cc2S1. The van der Waals surface area contributed by atoms with Gasteiger partial charge in [-0.25, -0.2) is 4.58 Å². The average Bonchev–Trinajstić information content (AvgIpc) is 3.04. The van der Waals surface area contributed by atoms with Crippen LogP contribution in [0.5, 0.6) is 11.5 Å². The van der Waals surface area contributed by atoms with Gasteiger partial charge in [-0.2, -0.15) is 0 Å². The molecule has 3 aromatic rings. The number of carboxylic acids is 1. The third-order valence-corrected chi connectivity index (χ3v) is 14.6. The van der Waals surface area contributed by atoms with Crippen molar-refractivity contribution in [3.05, 3.63) is 74.3 Å². The van der Waals surface area contributed by atoms with Crippen molar-refractivity contribution >= 4 is 34.7 Å². The fourth-order valence-electron chi connectivity index (χ4n) is 10.2. The zero-order chi connectivity index (χ0) is 36.0. The van der Waals surface area contributed by atoms with Crippen LogP contribution < -0.4 is 29.7 Å². The quantitative estimate of drug-likeness (QED) is 0.224. The molecule has 0 bridgehead atoms. The lowest BCUT2D eigenvalue weighted by atomic mass is 9.67. The van der Waals surface area contributed by atoms with Crippen LogP contribution in [0.15, 0.2) is 35.2 Å². The minimum atomic E-state index is -0.790. The van der Waals surface area contributed by atoms with Crippen LogP contribution in [-0.2, 0) is 26.5 Å². The summed E-state index contributed by atoms with van der Waals surface area (Å²) in [6.07, 6.45) is 4.46. The van der Waals surface area contributed by atoms with E-state index in [0.717, 1.165) is 80.5 Å². The molecular weight excluding hydrogens is 651 g/mol. The summed E-state index contributed by atoms with van der Waals surface area (Å²) in [6.45, 7) is 26.7. The number of hydrogen-bond acceptors (Lipinski definition) is 5. The molecule has 0 saturated heterocycles. The molecule has 0 amide bonds. The van der Waals surface area contributed by atoms with Crippen LogP contribution in [0.25, 0.3) is 5.57 Å². The van der Waals surface area contributed by atoms with Crippen LogP contribution in [-0.4, -0.2) is 55.6 Å². The number of benzene rings is 3. The first kappa shape index (κ1) is 33.4. The molecule has 1 unspecified atom stereocenters. The maximum Gasteiger partial charge on any atom is 0.323 e. The Bertz CT molecular complexity index is 2190. The summed E-state index contributed by atoms with van der Waals surface area (Å²) in [5.41, 5.74) is 11.7. The predicted molar refractivity (Wildman–Crippen MR) is 209 cm³/mol. The molecule has 0 aliphatic carbocycles. The van der Waals surface area contributed by atoms with E-state index in [9.17, 15) is 9.90 Å². The highest BCUT2D eigenvalue weighted by atomic mass is 32.2. The molecule has 3 aromatic carbocycles. The third kappa shape index (κ3) is 4.88. The van der Waals surface area contributed by atoms with E-state index in [1.54, 1.807) is 0 Å². The van der Waals surface area contributed by atoms with Crippen molar-refractivity contribution in [3.8, 4) is 11.5 Å². The maximum atomic E-state index is 11.9. The molecule has 6 aliphatic heterocycles. The number of nitrogens with zero attached hydrogens (tertiary/aromatic N) is 3. The second-order valence-electron chi connectivity index (χ2n) is 18.9. The average molecular weight is 705 g/mol. The first-order valence-electron chi connectivity index (χ1n) is 19.2. The van der Waals surface area contributed by atoms with Crippen LogP contribution in [0.1, 0.15) is 121 Å². The van der Waals surface area contributed by atoms with E-state index >= 15 is 0 Å². The molecule has 6 aliphatic rings. The van der Waals surface area contributed by atoms with Gasteiger partial charge < -0.3 is 19.6 Å². The number of fused-ring (bicyclic) bond motifs is 5. The van der Waals surface area contributed by atoms with E-state index in [0.29, 0.717) is 5.25 Å². The molecule has 51 heavy (non-hydrogen) atoms. The van der Waals surface area contributed by atoms with Gasteiger partial charge in [0.2, 0.25) is 5.36 Å². The number of ether oxygens (including phenoxy) is 1. The zero-order valence-corrected chi connectivity index (χ0v) is 32.9. The Morgan fingerprint density at radius 1 is 0.863 bits per heavy atom. The van der Waals surface area contributed by atoms with Gasteiger partial charge in [0.1, 0.15) is 31.1 Å². The van der Waals surface area contributed by atoms with Crippen LogP contribution >= 0.6 is 11.8 Å². The third-order valence-electron chi connectivity index (χ3n) is 13.4. The van der Waals surface area contributed by atoms with Crippen molar-refractivity contribution in [3.63, 3.8) is 0 Å². The topological polar surface area (TPSA) is 56.0 Å². The minimum Gasteiger partial charge on any atom is -0.480 e. The first-order valence-corrected chi connectivity index (χ1v) is 20.1. The Labute approximate surface area is 307 Å². The van der Waals surface area contributed by atoms with Crippen molar-refractivity contribution < 1.29 is 14.6 Å². The zero-order valence-electron chi connectivity index (χ0n) is 32.0. The van der Waals surface area contributed by atoms with Gasteiger partial charge in [-0.15, -0.1) is 11.8 Å². The summed E-state index contributed by atoms with van der Waals surface area (Å²) < 4.78 is 10.3. The summed E-state index contributed by atoms with van der Waals surface area (Å²) in [5, 5.41) is 12.7. The summed E-state index contributed by atoms with van der Waals surface area (Å²) in [5.74, 6) is 1.31. The Balaban J connectivity index is 1.44. The van der Waals surface area contributed by atoms with Crippen molar-refractivity contribution in [2.45, 2.75) is 120 Å². The summed E-state index contributed by atoms with van der Waals surface area (Å²) in [4.78, 5) is 17.8. The fraction of sp³-hybridized carbons (Fsp3) is 0.545. The van der Waals surface area contributed by atoms with Gasteiger partial charge in [0.05, 0.1) is 11.3 Å². The second kappa shape index (κ2) is 10.8. The number of carbonyl (C=O) groups is 1. The first-order chi connectivity index (χ1) is 24.0. The van der Waals surface area contributed by atoms with Crippen molar-refractivity contribution in [1.29, 1.82) is 0 Å². The smallest absolute Gasteiger partial charge is 0.323 e. The Morgan fingerprint density at radius 3 is 2.25 bits per heavy atom. The van der Waals surface area contributed by atoms with Crippen LogP contribution in [0, 0.1) is 0 Å². The Kier molecular flexibility index (Phi) is 7.07. The summed E-state index contributed by atoms with van der Waals surface area (Å²) >= 11 is 1.87. The lowest BCUT2D eigenvalue weighted by Crippen LogP contribution is -2.54. The molecule has 9 rings (SSSR count). The standard InChI is InChI=1S/C44H53N3O3S/c1-25-23-47(24-33(48)49)31-11-10-26(20-32(31)51-25)34-27-21-29-37-35(43(6,7)14-18-45(37)16-12-41(29,2)3)39(27)50-40-28(34)22-30-38-36(40)44(8,9)15-19-46(38)17-13-42(30,4)5/h10-11,20-22,25H,12-19,23-24H2,1-9H3/p+1. The largest absolute Gasteiger partial charge is 0.480 e. The molecule has 0 spiro atoms. The predicted octanol–water partition coefficient (Wildman–Crippen LogP) is 7.45. The lowest BCUT2D eigenvalue weighted by molar-refractivity contribution is -0.135. The maximum absolute atomic E-state index is 11.9. The molecule has 0 aromatic heterocycles. The number of anilines is 2. The van der Waals surface area contributed by atoms with Gasteiger partial charge in [-0.05, 0) is 59.1 Å². The van der Waals surface area contributed by atoms with Gasteiger partial charge in [0, 0.05) is 86.6 Å². The molecular formula is C44H54N3O3S+. The molecule has 0 saturated carbocycles. The lowest BCUT2D eigenvalue weighted by Gasteiger charge is -2.49. The van der Waals surface area contributed by atoms with Crippen LogP contribution in [0.4, 0.5) is 11.4 Å². The van der Waals surface area contributed by atoms with Crippen LogP contribution in [0.2, 0.25) is 0 Å². The summed E-state index contributed by atoms with van der Waals surface area (Å²) in [6, 6.07) is 11.8. The van der Waals surface area contributed by atoms with Gasteiger partial charge in [0.25, 0.3) is 0 Å². The Hall–Kier alpha value is -3.45. The number of thioether (sulfide) groups is 1. The number of carboxylic acid groups (broad SMARTS) is 1. The molecule has 0 fully saturated rings.